The number of likely N-dealkylation sites (N-methyl/N-ethyl adjacent to an activating group) is 1. The van der Waals surface area contributed by atoms with Gasteiger partial charge >= 0.3 is 0 Å². The topological polar surface area (TPSA) is 124 Å². The maximum absolute atomic E-state index is 13.2. The van der Waals surface area contributed by atoms with E-state index in [4.69, 9.17) is 4.74 Å². The number of hydrogen-bond acceptors (Lipinski definition) is 10. The van der Waals surface area contributed by atoms with Crippen LogP contribution < -0.4 is 26.0 Å². The zero-order valence-electron chi connectivity index (χ0n) is 21.2. The van der Waals surface area contributed by atoms with Crippen molar-refractivity contribution >= 4 is 28.1 Å². The molecule has 11 heteroatoms. The average molecular weight is 526 g/mol. The summed E-state index contributed by atoms with van der Waals surface area (Å²) in [7, 11) is 0. The molecule has 0 spiro atoms. The molecule has 0 bridgehead atoms. The van der Waals surface area contributed by atoms with Crippen LogP contribution in [0.4, 0.5) is 10.8 Å². The van der Waals surface area contributed by atoms with E-state index < -0.39 is 6.35 Å². The van der Waals surface area contributed by atoms with E-state index in [1.807, 2.05) is 30.3 Å². The summed E-state index contributed by atoms with van der Waals surface area (Å²) in [6.45, 7) is 9.44. The lowest BCUT2D eigenvalue weighted by molar-refractivity contribution is 0.0941. The van der Waals surface area contributed by atoms with Gasteiger partial charge in [-0.3, -0.25) is 9.78 Å². The first kappa shape index (κ1) is 26.8. The number of carbonyl (C=O) groups is 1. The number of nitrogens with one attached hydrogen (secondary N) is 4. The lowest BCUT2D eigenvalue weighted by atomic mass is 10.1. The van der Waals surface area contributed by atoms with Crippen LogP contribution in [0.5, 0.6) is 5.75 Å². The second kappa shape index (κ2) is 13.3. The van der Waals surface area contributed by atoms with Gasteiger partial charge in [0.2, 0.25) is 6.35 Å². The van der Waals surface area contributed by atoms with Gasteiger partial charge in [0.05, 0.1) is 11.8 Å². The van der Waals surface area contributed by atoms with Crippen molar-refractivity contribution < 1.29 is 14.6 Å². The lowest BCUT2D eigenvalue weighted by Crippen LogP contribution is -2.36. The summed E-state index contributed by atoms with van der Waals surface area (Å²) in [5.74, 6) is 1.04. The molecule has 0 saturated carbocycles. The number of amides is 1. The van der Waals surface area contributed by atoms with Crippen molar-refractivity contribution in [3.8, 4) is 16.2 Å². The van der Waals surface area contributed by atoms with E-state index in [0.29, 0.717) is 23.0 Å². The van der Waals surface area contributed by atoms with Gasteiger partial charge in [-0.25, -0.2) is 4.98 Å². The molecule has 1 fully saturated rings. The number of rotatable bonds is 13. The SMILES string of the molecule is CCN(CC)CCOc1ccc(-c2cc(C(=O)N[C@H]3CCNC3)c(NC(O)Nc3cnccn3)s2)cc1. The molecule has 1 amide bonds. The third-order valence-corrected chi connectivity index (χ3v) is 7.31. The summed E-state index contributed by atoms with van der Waals surface area (Å²) >= 11 is 1.40. The van der Waals surface area contributed by atoms with Crippen molar-refractivity contribution in [1.82, 2.24) is 25.5 Å². The molecule has 1 unspecified atom stereocenters. The van der Waals surface area contributed by atoms with Crippen LogP contribution in [0.2, 0.25) is 0 Å². The minimum absolute atomic E-state index is 0.0825. The minimum Gasteiger partial charge on any atom is -0.492 e. The summed E-state index contributed by atoms with van der Waals surface area (Å²) in [5, 5.41) is 23.3. The number of nitrogens with zero attached hydrogens (tertiary/aromatic N) is 3. The number of aliphatic hydroxyl groups is 1. The number of thiophene rings is 1. The highest BCUT2D eigenvalue weighted by Gasteiger charge is 2.23. The second-order valence-electron chi connectivity index (χ2n) is 8.70. The van der Waals surface area contributed by atoms with E-state index >= 15 is 0 Å². The zero-order valence-corrected chi connectivity index (χ0v) is 22.1. The molecule has 1 saturated heterocycles. The highest BCUT2D eigenvalue weighted by molar-refractivity contribution is 7.19. The maximum Gasteiger partial charge on any atom is 0.254 e. The van der Waals surface area contributed by atoms with Crippen LogP contribution in [0.15, 0.2) is 48.9 Å². The fourth-order valence-corrected chi connectivity index (χ4v) is 5.15. The first-order valence-electron chi connectivity index (χ1n) is 12.6. The van der Waals surface area contributed by atoms with E-state index in [1.54, 1.807) is 6.20 Å². The van der Waals surface area contributed by atoms with Crippen LogP contribution in [0.25, 0.3) is 10.4 Å². The fraction of sp³-hybridized carbons (Fsp3) is 0.423. The van der Waals surface area contributed by atoms with Crippen molar-refractivity contribution in [3.05, 3.63) is 54.5 Å². The number of benzene rings is 1. The second-order valence-corrected chi connectivity index (χ2v) is 9.75. The van der Waals surface area contributed by atoms with Crippen LogP contribution in [0, 0.1) is 0 Å². The molecule has 4 rings (SSSR count). The number of anilines is 2. The molecule has 1 aliphatic heterocycles. The number of aliphatic hydroxyl groups excluding tert-OH is 1. The van der Waals surface area contributed by atoms with Crippen LogP contribution >= 0.6 is 11.3 Å². The summed E-state index contributed by atoms with van der Waals surface area (Å²) in [4.78, 5) is 24.5. The highest BCUT2D eigenvalue weighted by Crippen LogP contribution is 2.36. The van der Waals surface area contributed by atoms with Gasteiger partial charge in [0.25, 0.3) is 5.91 Å². The van der Waals surface area contributed by atoms with Gasteiger partial charge < -0.3 is 36.0 Å². The van der Waals surface area contributed by atoms with Gasteiger partial charge in [-0.2, -0.15) is 0 Å². The number of carbonyl (C=O) groups excluding carboxylic acids is 1. The molecule has 3 aromatic rings. The third-order valence-electron chi connectivity index (χ3n) is 6.20. The van der Waals surface area contributed by atoms with Gasteiger partial charge in [0.15, 0.2) is 0 Å². The Morgan fingerprint density at radius 1 is 1.24 bits per heavy atom. The van der Waals surface area contributed by atoms with Gasteiger partial charge in [-0.05, 0) is 62.0 Å². The third kappa shape index (κ3) is 7.62. The molecule has 198 valence electrons. The van der Waals surface area contributed by atoms with Crippen molar-refractivity contribution in [3.63, 3.8) is 0 Å². The van der Waals surface area contributed by atoms with Crippen molar-refractivity contribution in [1.29, 1.82) is 0 Å². The summed E-state index contributed by atoms with van der Waals surface area (Å²) in [5.41, 5.74) is 1.44. The summed E-state index contributed by atoms with van der Waals surface area (Å²) in [6, 6.07) is 9.80. The van der Waals surface area contributed by atoms with Crippen LogP contribution in [-0.2, 0) is 0 Å². The van der Waals surface area contributed by atoms with Crippen molar-refractivity contribution in [2.24, 2.45) is 0 Å². The highest BCUT2D eigenvalue weighted by atomic mass is 32.1. The molecule has 1 aromatic carbocycles. The lowest BCUT2D eigenvalue weighted by Gasteiger charge is -2.18. The maximum atomic E-state index is 13.2. The molecule has 5 N–H and O–H groups in total. The molecule has 2 atom stereocenters. The Kier molecular flexibility index (Phi) is 9.66. The van der Waals surface area contributed by atoms with Gasteiger partial charge in [0, 0.05) is 36.4 Å². The molecular formula is C26H35N7O3S. The molecule has 0 aliphatic carbocycles. The molecule has 2 aromatic heterocycles. The molecule has 10 nitrogen and oxygen atoms in total. The zero-order chi connectivity index (χ0) is 26.0. The van der Waals surface area contributed by atoms with E-state index in [2.05, 4.69) is 50.0 Å². The summed E-state index contributed by atoms with van der Waals surface area (Å²) in [6.07, 6.45) is 4.32. The molecular weight excluding hydrogens is 490 g/mol. The van der Waals surface area contributed by atoms with E-state index in [0.717, 1.165) is 55.3 Å². The minimum atomic E-state index is -1.16. The van der Waals surface area contributed by atoms with Crippen molar-refractivity contribution in [2.75, 3.05) is 50.0 Å². The van der Waals surface area contributed by atoms with E-state index in [-0.39, 0.29) is 11.9 Å². The Morgan fingerprint density at radius 3 is 2.73 bits per heavy atom. The molecule has 3 heterocycles. The number of aromatic nitrogens is 2. The normalized spacial score (nSPS) is 15.9. The Balaban J connectivity index is 1.47. The first-order valence-corrected chi connectivity index (χ1v) is 13.5. The Morgan fingerprint density at radius 2 is 2.05 bits per heavy atom. The smallest absolute Gasteiger partial charge is 0.254 e. The van der Waals surface area contributed by atoms with Gasteiger partial charge in [-0.1, -0.05) is 13.8 Å². The fourth-order valence-electron chi connectivity index (χ4n) is 4.07. The Bertz CT molecular complexity index is 1120. The predicted molar refractivity (Wildman–Crippen MR) is 147 cm³/mol. The Hall–Kier alpha value is -3.25. The van der Waals surface area contributed by atoms with Crippen LogP contribution in [-0.4, -0.2) is 77.6 Å². The predicted octanol–water partition coefficient (Wildman–Crippen LogP) is 2.82. The largest absolute Gasteiger partial charge is 0.492 e. The average Bonchev–Trinajstić information content (AvgIpc) is 3.58. The standard InChI is InChI=1S/C26H35N7O3S/c1-3-33(4-2)13-14-36-20-7-5-18(6-8-20)22-15-21(24(34)30-19-9-10-27-16-19)25(37-22)32-26(35)31-23-17-28-11-12-29-23/h5-8,11-12,15,17,19,26-27,32,35H,3-4,9-10,13-14,16H2,1-2H3,(H,29,31)(H,30,34)/t19-,26?/m0/s1. The van der Waals surface area contributed by atoms with E-state index in [9.17, 15) is 9.90 Å². The number of ether oxygens (including phenoxy) is 1. The van der Waals surface area contributed by atoms with Crippen LogP contribution in [0.1, 0.15) is 30.6 Å². The van der Waals surface area contributed by atoms with Crippen LogP contribution in [0.3, 0.4) is 0 Å². The molecule has 37 heavy (non-hydrogen) atoms. The Labute approximate surface area is 221 Å². The van der Waals surface area contributed by atoms with Crippen molar-refractivity contribution in [2.45, 2.75) is 32.7 Å². The molecule has 1 aliphatic rings. The van der Waals surface area contributed by atoms with Gasteiger partial charge in [0.1, 0.15) is 23.2 Å². The monoisotopic (exact) mass is 525 g/mol. The first-order chi connectivity index (χ1) is 18.1. The van der Waals surface area contributed by atoms with E-state index in [1.165, 1.54) is 23.7 Å². The van der Waals surface area contributed by atoms with Gasteiger partial charge in [-0.15, -0.1) is 11.3 Å². The quantitative estimate of drug-likeness (QED) is 0.214. The number of hydrogen-bond donors (Lipinski definition) is 5. The molecule has 0 radical (unpaired) electrons. The summed E-state index contributed by atoms with van der Waals surface area (Å²) < 4.78 is 5.91.